The van der Waals surface area contributed by atoms with E-state index in [-0.39, 0.29) is 31.4 Å². The van der Waals surface area contributed by atoms with Crippen LogP contribution in [0.15, 0.2) is 24.3 Å². The minimum atomic E-state index is -1.56. The molecular formula is C68H107N9O14. The zero-order valence-electron chi connectivity index (χ0n) is 57.3. The quantitative estimate of drug-likeness (QED) is 0.207. The van der Waals surface area contributed by atoms with Gasteiger partial charge in [-0.05, 0) is 130 Å². The van der Waals surface area contributed by atoms with E-state index in [9.17, 15) is 38.4 Å². The van der Waals surface area contributed by atoms with Crippen molar-refractivity contribution in [1.82, 2.24) is 45.3 Å². The summed E-state index contributed by atoms with van der Waals surface area (Å²) in [5.41, 5.74) is 0.423. The number of carbonyl (C=O) groups excluding carboxylic acids is 11. The molecule has 1 aromatic carbocycles. The van der Waals surface area contributed by atoms with Gasteiger partial charge >= 0.3 is 11.9 Å². The minimum Gasteiger partial charge on any atom is -0.497 e. The smallest absolute Gasteiger partial charge is 0.329 e. The summed E-state index contributed by atoms with van der Waals surface area (Å²) in [6, 6.07) is -3.43. The van der Waals surface area contributed by atoms with Crippen LogP contribution in [-0.2, 0) is 68.6 Å². The monoisotopic (exact) mass is 1270 g/mol. The normalized spacial score (nSPS) is 30.9. The van der Waals surface area contributed by atoms with E-state index in [0.29, 0.717) is 54.7 Å². The molecule has 4 bridgehead atoms. The van der Waals surface area contributed by atoms with Gasteiger partial charge in [-0.15, -0.1) is 0 Å². The minimum absolute atomic E-state index is 0.108. The Bertz CT molecular complexity index is 2760. The molecule has 11 atom stereocenters. The van der Waals surface area contributed by atoms with Crippen LogP contribution in [0.1, 0.15) is 159 Å². The van der Waals surface area contributed by atoms with Gasteiger partial charge in [0.1, 0.15) is 54.1 Å². The highest BCUT2D eigenvalue weighted by atomic mass is 16.6. The van der Waals surface area contributed by atoms with Gasteiger partial charge < -0.3 is 59.6 Å². The van der Waals surface area contributed by atoms with Crippen molar-refractivity contribution in [2.75, 3.05) is 62.0 Å². The summed E-state index contributed by atoms with van der Waals surface area (Å²) in [4.78, 5) is 170. The Morgan fingerprint density at radius 2 is 1.14 bits per heavy atom. The predicted molar refractivity (Wildman–Crippen MR) is 341 cm³/mol. The number of fused-ring (bicyclic) bond motifs is 1. The predicted octanol–water partition coefficient (Wildman–Crippen LogP) is 4.99. The lowest BCUT2D eigenvalue weighted by molar-refractivity contribution is -0.165. The van der Waals surface area contributed by atoms with Gasteiger partial charge in [-0.3, -0.25) is 47.9 Å². The summed E-state index contributed by atoms with van der Waals surface area (Å²) in [6.07, 6.45) is 6.33. The topological polar surface area (TPSA) is 271 Å². The highest BCUT2D eigenvalue weighted by molar-refractivity contribution is 5.99. The van der Waals surface area contributed by atoms with Gasteiger partial charge in [-0.1, -0.05) is 94.2 Å². The molecule has 1 aromatic rings. The largest absolute Gasteiger partial charge is 0.497 e. The highest BCUT2D eigenvalue weighted by Gasteiger charge is 2.52. The molecule has 6 aliphatic rings. The zero-order chi connectivity index (χ0) is 67.7. The summed E-state index contributed by atoms with van der Waals surface area (Å²) in [5.74, 6) is -8.32. The second-order valence-electron chi connectivity index (χ2n) is 28.3. The molecule has 2 aliphatic heterocycles. The fraction of sp³-hybridized carbons (Fsp3) is 0.750. The van der Waals surface area contributed by atoms with Crippen molar-refractivity contribution in [1.29, 1.82) is 0 Å². The molecule has 2 saturated heterocycles. The van der Waals surface area contributed by atoms with E-state index in [0.717, 1.165) is 24.2 Å². The number of hydrogen-bond donors (Lipinski definition) is 3. The first-order valence-electron chi connectivity index (χ1n) is 33.3. The lowest BCUT2D eigenvalue weighted by atomic mass is 9.50. The molecule has 3 N–H and O–H groups in total. The lowest BCUT2D eigenvalue weighted by Crippen LogP contribution is -2.63. The summed E-state index contributed by atoms with van der Waals surface area (Å²) in [5, 5.41) is 8.41. The first-order valence-corrected chi connectivity index (χ1v) is 33.3. The summed E-state index contributed by atoms with van der Waals surface area (Å²) < 4.78 is 17.4. The van der Waals surface area contributed by atoms with Gasteiger partial charge in [-0.25, -0.2) is 4.79 Å². The van der Waals surface area contributed by atoms with E-state index < -0.39 is 162 Å². The van der Waals surface area contributed by atoms with Crippen LogP contribution in [0.25, 0.3) is 0 Å². The van der Waals surface area contributed by atoms with Crippen LogP contribution in [0.2, 0.25) is 0 Å². The molecule has 91 heavy (non-hydrogen) atoms. The van der Waals surface area contributed by atoms with E-state index in [1.165, 1.54) is 93.0 Å². The number of carbonyl (C=O) groups is 11. The molecule has 6 fully saturated rings. The molecule has 2 heterocycles. The molecule has 4 saturated carbocycles. The van der Waals surface area contributed by atoms with Gasteiger partial charge in [0, 0.05) is 53.6 Å². The molecule has 508 valence electrons. The number of esters is 2. The number of ether oxygens (including phenoxy) is 3. The van der Waals surface area contributed by atoms with Crippen molar-refractivity contribution in [3.63, 3.8) is 0 Å². The van der Waals surface area contributed by atoms with Gasteiger partial charge in [0.25, 0.3) is 5.91 Å². The van der Waals surface area contributed by atoms with E-state index in [1.807, 2.05) is 13.8 Å². The average Bonchev–Trinajstić information content (AvgIpc) is 0.770. The lowest BCUT2D eigenvalue weighted by Gasteiger charge is -2.56. The van der Waals surface area contributed by atoms with Gasteiger partial charge in [0.15, 0.2) is 6.10 Å². The van der Waals surface area contributed by atoms with Crippen molar-refractivity contribution < 1.29 is 67.0 Å². The summed E-state index contributed by atoms with van der Waals surface area (Å²) in [7, 11) is 8.63. The molecule has 23 nitrogen and oxygen atoms in total. The van der Waals surface area contributed by atoms with Crippen molar-refractivity contribution in [2.24, 2.45) is 52.8 Å². The van der Waals surface area contributed by atoms with Crippen LogP contribution < -0.4 is 20.7 Å². The number of benzene rings is 1. The number of hydrogen-bond acceptors (Lipinski definition) is 14. The third-order valence-corrected chi connectivity index (χ3v) is 20.5. The Kier molecular flexibility index (Phi) is 25.5. The Balaban J connectivity index is 1.41. The molecule has 0 unspecified atom stereocenters. The first-order chi connectivity index (χ1) is 42.8. The maximum Gasteiger partial charge on any atom is 0.329 e. The summed E-state index contributed by atoms with van der Waals surface area (Å²) >= 11 is 0. The molecule has 4 aliphatic carbocycles. The molecular weight excluding hydrogens is 1170 g/mol. The van der Waals surface area contributed by atoms with E-state index >= 15 is 14.4 Å². The number of nitrogens with zero attached hydrogens (tertiary/aromatic N) is 6. The number of amides is 9. The van der Waals surface area contributed by atoms with Gasteiger partial charge in [-0.2, -0.15) is 0 Å². The molecule has 0 radical (unpaired) electrons. The molecule has 23 heteroatoms. The maximum absolute atomic E-state index is 15.6. The van der Waals surface area contributed by atoms with Crippen LogP contribution in [0.4, 0.5) is 0 Å². The number of nitrogens with one attached hydrogen (secondary N) is 3. The highest BCUT2D eigenvalue weighted by Crippen LogP contribution is 2.60. The van der Waals surface area contributed by atoms with E-state index in [4.69, 9.17) is 14.2 Å². The third-order valence-electron chi connectivity index (χ3n) is 20.5. The Hall–Kier alpha value is -6.81. The van der Waals surface area contributed by atoms with Crippen LogP contribution in [0.3, 0.4) is 0 Å². The fourth-order valence-corrected chi connectivity index (χ4v) is 15.4. The number of likely N-dealkylation sites (N-methyl/N-ethyl adjacent to an activating group) is 5. The molecule has 7 rings (SSSR count). The van der Waals surface area contributed by atoms with Crippen LogP contribution >= 0.6 is 0 Å². The second kappa shape index (κ2) is 31.7. The number of cyclic esters (lactones) is 1. The Morgan fingerprint density at radius 1 is 0.615 bits per heavy atom. The second-order valence-corrected chi connectivity index (χ2v) is 28.3. The number of rotatable bonds is 14. The van der Waals surface area contributed by atoms with Gasteiger partial charge in [0.05, 0.1) is 26.7 Å². The Labute approximate surface area is 539 Å². The van der Waals surface area contributed by atoms with Crippen molar-refractivity contribution in [3.8, 4) is 5.75 Å². The maximum atomic E-state index is 15.6. The fourth-order valence-electron chi connectivity index (χ4n) is 15.4. The third kappa shape index (κ3) is 17.3. The Morgan fingerprint density at radius 3 is 1.68 bits per heavy atom. The standard InChI is InChI=1S/C68H107N9O14/c1-18-41(9)57-59(80)69-36-52(78)73(13)55(39(5)6)60(81)70-49(31-44-23-25-48(89-17)26-24-44)67(88)91-43(11)62(83)77-27-21-20-22-50(77)63(84)74(14)56(40(7)8)61(82)71-54(38(3)4)65(86)72(12)51(64(85)76(16)58(42(10)19-2)66(87)75(57)15)32-53(79)90-37-68-33-45-28-46(34-68)30-47(29-45)35-68/h23-26,38-43,45-47,49-51,54-58H,18-22,27-37H2,1-17H3,(H,69,80)(H,70,81)(H,71,82)/t41-,42-,43-,45?,46?,47?,49-,50-,51-,54-,55-,56-,57-,58-,68?/m0/s1. The first kappa shape index (κ1) is 73.2. The zero-order valence-corrected chi connectivity index (χ0v) is 57.3. The van der Waals surface area contributed by atoms with Crippen LogP contribution in [0.5, 0.6) is 5.75 Å². The molecule has 0 spiro atoms. The molecule has 9 amide bonds. The van der Waals surface area contributed by atoms with Crippen molar-refractivity contribution in [3.05, 3.63) is 29.8 Å². The van der Waals surface area contributed by atoms with Crippen LogP contribution in [0, 0.1) is 52.8 Å². The molecule has 0 aromatic heterocycles. The van der Waals surface area contributed by atoms with Crippen molar-refractivity contribution in [2.45, 2.75) is 214 Å². The van der Waals surface area contributed by atoms with Crippen LogP contribution in [-0.4, -0.2) is 211 Å². The number of methoxy groups -OCH3 is 1. The van der Waals surface area contributed by atoms with E-state index in [1.54, 1.807) is 79.7 Å². The van der Waals surface area contributed by atoms with E-state index in [2.05, 4.69) is 16.0 Å². The van der Waals surface area contributed by atoms with Gasteiger partial charge in [0.2, 0.25) is 47.3 Å². The SMILES string of the molecule is CC[C@H](C)[C@H]1C(=O)NCC(=O)N(C)[C@@H](C(C)C)C(=O)N[C@@H](Cc2ccc(OC)cc2)C(=O)O[C@@H](C)C(=O)N2CCCC[C@H]2C(=O)N(C)[C@@H](C(C)C)C(=O)N[C@@H](C(C)C)C(=O)N(C)[C@@H](CC(=O)OCC23CC4CC(CC(C4)C2)C3)C(=O)N(C)[C@@H]([C@@H](C)CC)C(=O)N1C. The number of piperidine rings is 1. The average molecular weight is 1270 g/mol. The summed E-state index contributed by atoms with van der Waals surface area (Å²) in [6.45, 7) is 18.7. The van der Waals surface area contributed by atoms with Crippen molar-refractivity contribution >= 4 is 65.1 Å².